The highest BCUT2D eigenvalue weighted by molar-refractivity contribution is 5.78. The van der Waals surface area contributed by atoms with Crippen molar-refractivity contribution in [3.05, 3.63) is 65.7 Å². The highest BCUT2D eigenvalue weighted by Gasteiger charge is 2.21. The zero-order valence-corrected chi connectivity index (χ0v) is 15.7. The Balaban J connectivity index is 1.47. The summed E-state index contributed by atoms with van der Waals surface area (Å²) in [7, 11) is 0. The van der Waals surface area contributed by atoms with E-state index in [0.717, 1.165) is 44.0 Å². The molecule has 0 radical (unpaired) electrons. The molecule has 2 aromatic carbocycles. The lowest BCUT2D eigenvalue weighted by Crippen LogP contribution is -2.49. The first-order valence-electron chi connectivity index (χ1n) is 9.39. The number of hydrogen-bond donors (Lipinski definition) is 0. The lowest BCUT2D eigenvalue weighted by molar-refractivity contribution is -0.135. The number of hydrogen-bond acceptors (Lipinski definition) is 3. The van der Waals surface area contributed by atoms with E-state index >= 15 is 0 Å². The van der Waals surface area contributed by atoms with E-state index in [-0.39, 0.29) is 12.5 Å². The number of benzene rings is 2. The Morgan fingerprint density at radius 2 is 1.62 bits per heavy atom. The van der Waals surface area contributed by atoms with E-state index in [4.69, 9.17) is 4.74 Å². The van der Waals surface area contributed by atoms with Gasteiger partial charge in [0.2, 0.25) is 0 Å². The molecule has 0 N–H and O–H groups in total. The van der Waals surface area contributed by atoms with Crippen molar-refractivity contribution < 1.29 is 9.53 Å². The normalized spacial score (nSPS) is 15.3. The second kappa shape index (κ2) is 8.86. The summed E-state index contributed by atoms with van der Waals surface area (Å²) in [5.74, 6) is 1.27. The molecule has 138 valence electrons. The summed E-state index contributed by atoms with van der Waals surface area (Å²) < 4.78 is 5.83. The first-order valence-corrected chi connectivity index (χ1v) is 9.39. The number of piperazine rings is 1. The molecule has 1 saturated heterocycles. The summed E-state index contributed by atoms with van der Waals surface area (Å²) in [5.41, 5.74) is 2.47. The summed E-state index contributed by atoms with van der Waals surface area (Å²) in [6, 6.07) is 18.5. The number of carbonyl (C=O) groups is 1. The minimum Gasteiger partial charge on any atom is -0.483 e. The molecule has 3 rings (SSSR count). The third-order valence-corrected chi connectivity index (χ3v) is 4.87. The predicted octanol–water partition coefficient (Wildman–Crippen LogP) is 3.53. The Kier molecular flexibility index (Phi) is 6.29. The smallest absolute Gasteiger partial charge is 0.260 e. The molecule has 0 unspecified atom stereocenters. The monoisotopic (exact) mass is 352 g/mol. The number of amides is 1. The van der Waals surface area contributed by atoms with Crippen LogP contribution in [0, 0.1) is 0 Å². The zero-order valence-electron chi connectivity index (χ0n) is 15.7. The standard InChI is InChI=1S/C22H28N2O2/c1-18(2)20-10-6-7-11-21(20)26-17-22(25)24-14-12-23(13-15-24)16-19-8-4-3-5-9-19/h3-11,18H,12-17H2,1-2H3. The average Bonchev–Trinajstić information content (AvgIpc) is 2.67. The van der Waals surface area contributed by atoms with Gasteiger partial charge in [-0.15, -0.1) is 0 Å². The average molecular weight is 352 g/mol. The second-order valence-corrected chi connectivity index (χ2v) is 7.12. The lowest BCUT2D eigenvalue weighted by Gasteiger charge is -2.34. The van der Waals surface area contributed by atoms with Crippen LogP contribution in [-0.2, 0) is 11.3 Å². The van der Waals surface area contributed by atoms with Gasteiger partial charge in [-0.25, -0.2) is 0 Å². The number of carbonyl (C=O) groups excluding carboxylic acids is 1. The van der Waals surface area contributed by atoms with Gasteiger partial charge in [-0.05, 0) is 23.1 Å². The van der Waals surface area contributed by atoms with Crippen molar-refractivity contribution in [2.75, 3.05) is 32.8 Å². The maximum Gasteiger partial charge on any atom is 0.260 e. The summed E-state index contributed by atoms with van der Waals surface area (Å²) in [6.45, 7) is 8.67. The Hall–Kier alpha value is -2.33. The van der Waals surface area contributed by atoms with Crippen LogP contribution in [-0.4, -0.2) is 48.5 Å². The fourth-order valence-electron chi connectivity index (χ4n) is 3.32. The molecule has 1 amide bonds. The van der Waals surface area contributed by atoms with Gasteiger partial charge in [0.25, 0.3) is 5.91 Å². The number of ether oxygens (including phenoxy) is 1. The molecule has 0 aliphatic carbocycles. The fraction of sp³-hybridized carbons (Fsp3) is 0.409. The summed E-state index contributed by atoms with van der Waals surface area (Å²) >= 11 is 0. The van der Waals surface area contributed by atoms with Gasteiger partial charge in [-0.1, -0.05) is 62.4 Å². The predicted molar refractivity (Wildman–Crippen MR) is 104 cm³/mol. The van der Waals surface area contributed by atoms with Gasteiger partial charge in [0.05, 0.1) is 0 Å². The van der Waals surface area contributed by atoms with Gasteiger partial charge < -0.3 is 9.64 Å². The minimum atomic E-state index is 0.0721. The summed E-state index contributed by atoms with van der Waals surface area (Å²) in [6.07, 6.45) is 0. The Morgan fingerprint density at radius 3 is 2.31 bits per heavy atom. The van der Waals surface area contributed by atoms with Crippen molar-refractivity contribution in [2.24, 2.45) is 0 Å². The van der Waals surface area contributed by atoms with Crippen molar-refractivity contribution >= 4 is 5.91 Å². The Bertz CT molecular complexity index is 707. The van der Waals surface area contributed by atoms with Gasteiger partial charge in [-0.3, -0.25) is 9.69 Å². The van der Waals surface area contributed by atoms with E-state index in [2.05, 4.69) is 49.1 Å². The highest BCUT2D eigenvalue weighted by Crippen LogP contribution is 2.25. The number of nitrogens with zero attached hydrogens (tertiary/aromatic N) is 2. The third-order valence-electron chi connectivity index (χ3n) is 4.87. The molecule has 0 spiro atoms. The van der Waals surface area contributed by atoms with Crippen LogP contribution in [0.3, 0.4) is 0 Å². The maximum atomic E-state index is 12.5. The molecule has 0 atom stereocenters. The van der Waals surface area contributed by atoms with Crippen molar-refractivity contribution in [2.45, 2.75) is 26.3 Å². The molecule has 2 aromatic rings. The molecule has 1 heterocycles. The van der Waals surface area contributed by atoms with Crippen LogP contribution in [0.5, 0.6) is 5.75 Å². The largest absolute Gasteiger partial charge is 0.483 e. The molecule has 26 heavy (non-hydrogen) atoms. The first kappa shape index (κ1) is 18.5. The quantitative estimate of drug-likeness (QED) is 0.797. The van der Waals surface area contributed by atoms with Crippen LogP contribution < -0.4 is 4.74 Å². The first-order chi connectivity index (χ1) is 12.6. The maximum absolute atomic E-state index is 12.5. The van der Waals surface area contributed by atoms with E-state index in [1.165, 1.54) is 5.56 Å². The molecule has 4 heteroatoms. The van der Waals surface area contributed by atoms with Gasteiger partial charge >= 0.3 is 0 Å². The van der Waals surface area contributed by atoms with E-state index < -0.39 is 0 Å². The van der Waals surface area contributed by atoms with Crippen LogP contribution in [0.2, 0.25) is 0 Å². The van der Waals surface area contributed by atoms with Crippen molar-refractivity contribution in [3.8, 4) is 5.75 Å². The van der Waals surface area contributed by atoms with Crippen LogP contribution in [0.4, 0.5) is 0 Å². The lowest BCUT2D eigenvalue weighted by atomic mass is 10.0. The van der Waals surface area contributed by atoms with Gasteiger partial charge in [0.15, 0.2) is 6.61 Å². The SMILES string of the molecule is CC(C)c1ccccc1OCC(=O)N1CCN(Cc2ccccc2)CC1. The molecular weight excluding hydrogens is 324 g/mol. The zero-order chi connectivity index (χ0) is 18.4. The molecule has 0 saturated carbocycles. The number of rotatable bonds is 6. The van der Waals surface area contributed by atoms with Gasteiger partial charge in [0.1, 0.15) is 5.75 Å². The van der Waals surface area contributed by atoms with Crippen LogP contribution in [0.25, 0.3) is 0 Å². The van der Waals surface area contributed by atoms with Gasteiger partial charge in [-0.2, -0.15) is 0 Å². The molecule has 4 nitrogen and oxygen atoms in total. The van der Waals surface area contributed by atoms with Gasteiger partial charge in [0, 0.05) is 32.7 Å². The molecule has 0 aromatic heterocycles. The van der Waals surface area contributed by atoms with E-state index in [1.54, 1.807) is 0 Å². The number of para-hydroxylation sites is 1. The summed E-state index contributed by atoms with van der Waals surface area (Å²) in [4.78, 5) is 16.8. The second-order valence-electron chi connectivity index (χ2n) is 7.12. The fourth-order valence-corrected chi connectivity index (χ4v) is 3.32. The van der Waals surface area contributed by atoms with Crippen LogP contribution >= 0.6 is 0 Å². The molecule has 1 fully saturated rings. The van der Waals surface area contributed by atoms with Crippen molar-refractivity contribution in [1.82, 2.24) is 9.80 Å². The van der Waals surface area contributed by atoms with E-state index in [0.29, 0.717) is 5.92 Å². The van der Waals surface area contributed by atoms with Crippen LogP contribution in [0.1, 0.15) is 30.9 Å². The summed E-state index contributed by atoms with van der Waals surface area (Å²) in [5, 5.41) is 0. The highest BCUT2D eigenvalue weighted by atomic mass is 16.5. The Labute approximate surface area is 156 Å². The molecule has 1 aliphatic rings. The topological polar surface area (TPSA) is 32.8 Å². The molecule has 0 bridgehead atoms. The van der Waals surface area contributed by atoms with E-state index in [1.807, 2.05) is 29.2 Å². The third kappa shape index (κ3) is 4.85. The van der Waals surface area contributed by atoms with Crippen LogP contribution in [0.15, 0.2) is 54.6 Å². The minimum absolute atomic E-state index is 0.0721. The van der Waals surface area contributed by atoms with E-state index in [9.17, 15) is 4.79 Å². The van der Waals surface area contributed by atoms with Crippen molar-refractivity contribution in [1.29, 1.82) is 0 Å². The molecular formula is C22H28N2O2. The Morgan fingerprint density at radius 1 is 0.962 bits per heavy atom. The van der Waals surface area contributed by atoms with Crippen molar-refractivity contribution in [3.63, 3.8) is 0 Å². The molecule has 1 aliphatic heterocycles.